The number of thiocarbonyl (C=S) groups is 1. The number of anilines is 1. The first-order valence-corrected chi connectivity index (χ1v) is 8.56. The van der Waals surface area contributed by atoms with Crippen molar-refractivity contribution >= 4 is 23.0 Å². The van der Waals surface area contributed by atoms with Crippen LogP contribution in [0.25, 0.3) is 0 Å². The van der Waals surface area contributed by atoms with Gasteiger partial charge in [0.1, 0.15) is 11.6 Å². The van der Waals surface area contributed by atoms with Crippen LogP contribution in [0.4, 0.5) is 14.5 Å². The Bertz CT molecular complexity index is 692. The molecule has 0 saturated heterocycles. The minimum atomic E-state index is -0.657. The van der Waals surface area contributed by atoms with Gasteiger partial charge in [-0.25, -0.2) is 8.78 Å². The lowest BCUT2D eigenvalue weighted by Gasteiger charge is -2.27. The standard InChI is InChI=1S/C19H23F2N3S/c1-23(2)11-6-12-24(14-15-7-4-3-5-8-15)19(25)22-18-10-9-16(20)13-17(18)21/h3-5,7-10,13H,6,11-12,14H2,1-2H3,(H,22,25). The Labute approximate surface area is 153 Å². The molecule has 0 aliphatic heterocycles. The monoisotopic (exact) mass is 363 g/mol. The van der Waals surface area contributed by atoms with Crippen molar-refractivity contribution < 1.29 is 8.78 Å². The molecule has 0 amide bonds. The Kier molecular flexibility index (Phi) is 7.28. The first-order valence-electron chi connectivity index (χ1n) is 8.15. The Balaban J connectivity index is 2.07. The molecule has 2 rings (SSSR count). The smallest absolute Gasteiger partial charge is 0.173 e. The highest BCUT2D eigenvalue weighted by molar-refractivity contribution is 7.80. The third kappa shape index (κ3) is 6.40. The molecule has 0 spiro atoms. The highest BCUT2D eigenvalue weighted by Gasteiger charge is 2.13. The number of nitrogens with one attached hydrogen (secondary N) is 1. The number of benzene rings is 2. The maximum Gasteiger partial charge on any atom is 0.173 e. The van der Waals surface area contributed by atoms with E-state index in [2.05, 4.69) is 10.2 Å². The van der Waals surface area contributed by atoms with Gasteiger partial charge in [-0.3, -0.25) is 0 Å². The molecule has 134 valence electrons. The molecule has 0 fully saturated rings. The van der Waals surface area contributed by atoms with Crippen LogP contribution in [0.1, 0.15) is 12.0 Å². The fraction of sp³-hybridized carbons (Fsp3) is 0.316. The predicted molar refractivity (Wildman–Crippen MR) is 103 cm³/mol. The van der Waals surface area contributed by atoms with Crippen LogP contribution < -0.4 is 5.32 Å². The van der Waals surface area contributed by atoms with Crippen LogP contribution in [-0.4, -0.2) is 42.1 Å². The Morgan fingerprint density at radius 2 is 1.76 bits per heavy atom. The molecule has 0 bridgehead atoms. The van der Waals surface area contributed by atoms with E-state index in [-0.39, 0.29) is 5.69 Å². The van der Waals surface area contributed by atoms with Gasteiger partial charge in [-0.15, -0.1) is 0 Å². The molecule has 0 saturated carbocycles. The fourth-order valence-electron chi connectivity index (χ4n) is 2.42. The second kappa shape index (κ2) is 9.44. The zero-order valence-corrected chi connectivity index (χ0v) is 15.3. The molecule has 0 aromatic heterocycles. The van der Waals surface area contributed by atoms with Crippen molar-refractivity contribution in [2.45, 2.75) is 13.0 Å². The van der Waals surface area contributed by atoms with Crippen LogP contribution in [0.3, 0.4) is 0 Å². The molecule has 0 heterocycles. The molecule has 0 radical (unpaired) electrons. The van der Waals surface area contributed by atoms with Gasteiger partial charge in [0, 0.05) is 19.2 Å². The van der Waals surface area contributed by atoms with Gasteiger partial charge in [0.2, 0.25) is 0 Å². The van der Waals surface area contributed by atoms with Crippen molar-refractivity contribution in [3.05, 3.63) is 65.7 Å². The van der Waals surface area contributed by atoms with Crippen LogP contribution in [-0.2, 0) is 6.54 Å². The van der Waals surface area contributed by atoms with E-state index in [9.17, 15) is 8.78 Å². The van der Waals surface area contributed by atoms with E-state index in [1.807, 2.05) is 49.3 Å². The lowest BCUT2D eigenvalue weighted by atomic mass is 10.2. The van der Waals surface area contributed by atoms with Crippen molar-refractivity contribution in [3.63, 3.8) is 0 Å². The van der Waals surface area contributed by atoms with Gasteiger partial charge < -0.3 is 15.1 Å². The Morgan fingerprint density at radius 1 is 1.04 bits per heavy atom. The van der Waals surface area contributed by atoms with E-state index in [1.165, 1.54) is 12.1 Å². The number of hydrogen-bond donors (Lipinski definition) is 1. The summed E-state index contributed by atoms with van der Waals surface area (Å²) < 4.78 is 26.9. The minimum absolute atomic E-state index is 0.178. The van der Waals surface area contributed by atoms with Gasteiger partial charge >= 0.3 is 0 Å². The van der Waals surface area contributed by atoms with E-state index in [4.69, 9.17) is 12.2 Å². The van der Waals surface area contributed by atoms with Crippen molar-refractivity contribution in [1.29, 1.82) is 0 Å². The fourth-order valence-corrected chi connectivity index (χ4v) is 2.68. The van der Waals surface area contributed by atoms with Crippen LogP contribution >= 0.6 is 12.2 Å². The molecular weight excluding hydrogens is 340 g/mol. The number of halogens is 2. The van der Waals surface area contributed by atoms with Crippen LogP contribution in [0.15, 0.2) is 48.5 Å². The average Bonchev–Trinajstić information content (AvgIpc) is 2.57. The number of nitrogens with zero attached hydrogens (tertiary/aromatic N) is 2. The highest BCUT2D eigenvalue weighted by atomic mass is 32.1. The summed E-state index contributed by atoms with van der Waals surface area (Å²) in [6, 6.07) is 13.4. The van der Waals surface area contributed by atoms with Crippen molar-refractivity contribution in [3.8, 4) is 0 Å². The van der Waals surface area contributed by atoms with E-state index >= 15 is 0 Å². The van der Waals surface area contributed by atoms with Gasteiger partial charge in [-0.05, 0) is 57.0 Å². The molecule has 0 aliphatic rings. The van der Waals surface area contributed by atoms with E-state index in [0.29, 0.717) is 11.7 Å². The van der Waals surface area contributed by atoms with Gasteiger partial charge in [-0.1, -0.05) is 30.3 Å². The molecule has 0 unspecified atom stereocenters. The first-order chi connectivity index (χ1) is 12.0. The maximum absolute atomic E-state index is 13.9. The molecule has 2 aromatic carbocycles. The topological polar surface area (TPSA) is 18.5 Å². The van der Waals surface area contributed by atoms with E-state index < -0.39 is 11.6 Å². The largest absolute Gasteiger partial charge is 0.345 e. The second-order valence-corrected chi connectivity index (χ2v) is 6.51. The van der Waals surface area contributed by atoms with Crippen LogP contribution in [0.5, 0.6) is 0 Å². The van der Waals surface area contributed by atoms with Gasteiger partial charge in [0.25, 0.3) is 0 Å². The highest BCUT2D eigenvalue weighted by Crippen LogP contribution is 2.16. The van der Waals surface area contributed by atoms with Gasteiger partial charge in [0.05, 0.1) is 5.69 Å². The molecule has 2 aromatic rings. The summed E-state index contributed by atoms with van der Waals surface area (Å²) in [4.78, 5) is 4.10. The molecule has 6 heteroatoms. The summed E-state index contributed by atoms with van der Waals surface area (Å²) in [5.41, 5.74) is 1.30. The van der Waals surface area contributed by atoms with Crippen molar-refractivity contribution in [2.24, 2.45) is 0 Å². The van der Waals surface area contributed by atoms with Crippen LogP contribution in [0.2, 0.25) is 0 Å². The van der Waals surface area contributed by atoms with E-state index in [0.717, 1.165) is 31.1 Å². The Hall–Kier alpha value is -2.05. The molecule has 0 aliphatic carbocycles. The molecule has 3 nitrogen and oxygen atoms in total. The minimum Gasteiger partial charge on any atom is -0.345 e. The van der Waals surface area contributed by atoms with Crippen molar-refractivity contribution in [1.82, 2.24) is 9.80 Å². The Morgan fingerprint density at radius 3 is 2.40 bits per heavy atom. The summed E-state index contributed by atoms with van der Waals surface area (Å²) in [6.07, 6.45) is 0.924. The molecule has 1 N–H and O–H groups in total. The molecular formula is C19H23F2N3S. The SMILES string of the molecule is CN(C)CCCN(Cc1ccccc1)C(=S)Nc1ccc(F)cc1F. The maximum atomic E-state index is 13.9. The zero-order valence-electron chi connectivity index (χ0n) is 14.5. The van der Waals surface area contributed by atoms with Crippen LogP contribution in [0, 0.1) is 11.6 Å². The second-order valence-electron chi connectivity index (χ2n) is 6.12. The first kappa shape index (κ1) is 19.3. The van der Waals surface area contributed by atoms with Gasteiger partial charge in [-0.2, -0.15) is 0 Å². The summed E-state index contributed by atoms with van der Waals surface area (Å²) in [7, 11) is 4.04. The lowest BCUT2D eigenvalue weighted by Crippen LogP contribution is -2.36. The van der Waals surface area contributed by atoms with Gasteiger partial charge in [0.15, 0.2) is 5.11 Å². The summed E-state index contributed by atoms with van der Waals surface area (Å²) >= 11 is 5.47. The normalized spacial score (nSPS) is 10.8. The summed E-state index contributed by atoms with van der Waals surface area (Å²) in [5.74, 6) is -1.27. The summed E-state index contributed by atoms with van der Waals surface area (Å²) in [5, 5.41) is 3.32. The average molecular weight is 363 g/mol. The number of rotatable bonds is 7. The predicted octanol–water partition coefficient (Wildman–Crippen LogP) is 4.12. The van der Waals surface area contributed by atoms with E-state index in [1.54, 1.807) is 0 Å². The lowest BCUT2D eigenvalue weighted by molar-refractivity contribution is 0.346. The number of hydrogen-bond acceptors (Lipinski definition) is 2. The quantitative estimate of drug-likeness (QED) is 0.746. The molecule has 0 atom stereocenters. The molecule has 25 heavy (non-hydrogen) atoms. The third-order valence-corrected chi connectivity index (χ3v) is 4.07. The van der Waals surface area contributed by atoms with Crippen molar-refractivity contribution in [2.75, 3.05) is 32.5 Å². The zero-order chi connectivity index (χ0) is 18.2. The summed E-state index contributed by atoms with van der Waals surface area (Å²) in [6.45, 7) is 2.30. The third-order valence-electron chi connectivity index (χ3n) is 3.71.